The van der Waals surface area contributed by atoms with Crippen molar-refractivity contribution in [3.05, 3.63) is 12.2 Å². The first kappa shape index (κ1) is 12.9. The Labute approximate surface area is 102 Å². The molecule has 9 nitrogen and oxygen atoms in total. The Balaban J connectivity index is 2.15. The summed E-state index contributed by atoms with van der Waals surface area (Å²) in [6, 6.07) is 0. The number of aliphatic hydroxyl groups excluding tert-OH is 2. The Bertz CT molecular complexity index is 436. The van der Waals surface area contributed by atoms with E-state index in [1.165, 1.54) is 13.4 Å². The van der Waals surface area contributed by atoms with Crippen molar-refractivity contribution in [3.63, 3.8) is 0 Å². The number of aromatic nitrogens is 3. The third-order valence-electron chi connectivity index (χ3n) is 2.66. The zero-order chi connectivity index (χ0) is 13.3. The number of carbonyl (C=O) groups excluding carboxylic acids is 1. The highest BCUT2D eigenvalue weighted by molar-refractivity contribution is 5.88. The van der Waals surface area contributed by atoms with Gasteiger partial charge in [-0.1, -0.05) is 0 Å². The minimum Gasteiger partial charge on any atom is -0.387 e. The molecule has 0 saturated carbocycles. The van der Waals surface area contributed by atoms with Crippen molar-refractivity contribution < 1.29 is 24.5 Å². The molecule has 1 aromatic heterocycles. The van der Waals surface area contributed by atoms with E-state index in [2.05, 4.69) is 10.1 Å². The summed E-state index contributed by atoms with van der Waals surface area (Å²) in [5, 5.41) is 23.3. The van der Waals surface area contributed by atoms with Gasteiger partial charge in [0, 0.05) is 7.11 Å². The number of hydrogen-bond donors (Lipinski definition) is 3. The molecule has 0 spiro atoms. The van der Waals surface area contributed by atoms with E-state index in [-0.39, 0.29) is 12.4 Å². The van der Waals surface area contributed by atoms with Gasteiger partial charge in [-0.05, 0) is 0 Å². The number of aliphatic hydroxyl groups is 2. The minimum absolute atomic E-state index is 0.131. The summed E-state index contributed by atoms with van der Waals surface area (Å²) in [5.74, 6) is -0.967. The summed E-state index contributed by atoms with van der Waals surface area (Å²) in [6.45, 7) is 0.131. The lowest BCUT2D eigenvalue weighted by molar-refractivity contribution is -0.0648. The maximum absolute atomic E-state index is 10.9. The number of hydrogen-bond acceptors (Lipinski definition) is 7. The van der Waals surface area contributed by atoms with Crippen LogP contribution in [0.1, 0.15) is 16.8 Å². The molecule has 1 fully saturated rings. The molecule has 4 atom stereocenters. The topological polar surface area (TPSA) is 133 Å². The fraction of sp³-hybridized carbons (Fsp3) is 0.667. The van der Waals surface area contributed by atoms with Crippen LogP contribution in [-0.2, 0) is 9.47 Å². The Morgan fingerprint density at radius 2 is 2.33 bits per heavy atom. The fourth-order valence-corrected chi connectivity index (χ4v) is 1.76. The van der Waals surface area contributed by atoms with E-state index in [1.807, 2.05) is 0 Å². The number of rotatable bonds is 4. The smallest absolute Gasteiger partial charge is 0.288 e. The molecule has 1 amide bonds. The number of amides is 1. The zero-order valence-electron chi connectivity index (χ0n) is 9.63. The van der Waals surface area contributed by atoms with Crippen molar-refractivity contribution in [2.45, 2.75) is 24.5 Å². The highest BCUT2D eigenvalue weighted by Gasteiger charge is 2.44. The Hall–Kier alpha value is -1.55. The monoisotopic (exact) mass is 258 g/mol. The number of nitrogens with two attached hydrogens (primary N) is 1. The van der Waals surface area contributed by atoms with Gasteiger partial charge in [0.15, 0.2) is 6.23 Å². The second kappa shape index (κ2) is 4.98. The standard InChI is InChI=1S/C9H14N4O5/c1-17-2-4-5(14)6(15)9(18-4)13-3-11-8(12-13)7(10)16/h3-6,9,14-15H,2H2,1H3,(H2,10,16). The summed E-state index contributed by atoms with van der Waals surface area (Å²) in [6.07, 6.45) is -2.68. The van der Waals surface area contributed by atoms with Crippen LogP contribution in [0.25, 0.3) is 0 Å². The molecule has 1 aliphatic rings. The maximum atomic E-state index is 10.9. The van der Waals surface area contributed by atoms with E-state index in [9.17, 15) is 15.0 Å². The molecule has 4 unspecified atom stereocenters. The van der Waals surface area contributed by atoms with Crippen LogP contribution in [-0.4, -0.2) is 62.9 Å². The van der Waals surface area contributed by atoms with Crippen LogP contribution in [0.3, 0.4) is 0 Å². The van der Waals surface area contributed by atoms with Gasteiger partial charge in [0.1, 0.15) is 24.6 Å². The van der Waals surface area contributed by atoms with Crippen molar-refractivity contribution in [1.29, 1.82) is 0 Å². The molecular formula is C9H14N4O5. The fourth-order valence-electron chi connectivity index (χ4n) is 1.76. The molecule has 0 bridgehead atoms. The first-order valence-corrected chi connectivity index (χ1v) is 5.26. The number of carbonyl (C=O) groups is 1. The van der Waals surface area contributed by atoms with Gasteiger partial charge in [-0.3, -0.25) is 4.79 Å². The molecule has 1 aromatic rings. The van der Waals surface area contributed by atoms with Gasteiger partial charge in [-0.25, -0.2) is 9.67 Å². The van der Waals surface area contributed by atoms with Crippen LogP contribution in [0.15, 0.2) is 6.33 Å². The number of primary amides is 1. The lowest BCUT2D eigenvalue weighted by Gasteiger charge is -2.13. The Morgan fingerprint density at radius 1 is 1.61 bits per heavy atom. The normalized spacial score (nSPS) is 31.7. The molecule has 100 valence electrons. The first-order chi connectivity index (χ1) is 8.54. The van der Waals surface area contributed by atoms with Crippen LogP contribution in [0.4, 0.5) is 0 Å². The second-order valence-corrected chi connectivity index (χ2v) is 3.91. The van der Waals surface area contributed by atoms with Crippen LogP contribution in [0.2, 0.25) is 0 Å². The van der Waals surface area contributed by atoms with Gasteiger partial charge in [-0.15, -0.1) is 5.10 Å². The van der Waals surface area contributed by atoms with Crippen molar-refractivity contribution in [1.82, 2.24) is 14.8 Å². The summed E-state index contributed by atoms with van der Waals surface area (Å²) >= 11 is 0. The van der Waals surface area contributed by atoms with Crippen LogP contribution < -0.4 is 5.73 Å². The second-order valence-electron chi connectivity index (χ2n) is 3.91. The Morgan fingerprint density at radius 3 is 2.89 bits per heavy atom. The van der Waals surface area contributed by atoms with Crippen LogP contribution in [0.5, 0.6) is 0 Å². The molecule has 0 radical (unpaired) electrons. The molecule has 1 saturated heterocycles. The maximum Gasteiger partial charge on any atom is 0.288 e. The quantitative estimate of drug-likeness (QED) is 0.550. The molecule has 18 heavy (non-hydrogen) atoms. The van der Waals surface area contributed by atoms with Crippen molar-refractivity contribution in [2.24, 2.45) is 5.73 Å². The molecule has 2 rings (SSSR count). The van der Waals surface area contributed by atoms with E-state index in [0.717, 1.165) is 4.68 Å². The zero-order valence-corrected chi connectivity index (χ0v) is 9.63. The van der Waals surface area contributed by atoms with E-state index in [4.69, 9.17) is 15.2 Å². The number of ether oxygens (including phenoxy) is 2. The SMILES string of the molecule is COCC1OC(n2cnc(C(N)=O)n2)C(O)C1O. The molecule has 0 aliphatic carbocycles. The average Bonchev–Trinajstić information content (AvgIpc) is 2.90. The predicted molar refractivity (Wildman–Crippen MR) is 56.3 cm³/mol. The van der Waals surface area contributed by atoms with Gasteiger partial charge in [0.25, 0.3) is 5.91 Å². The van der Waals surface area contributed by atoms with E-state index in [1.54, 1.807) is 0 Å². The lowest BCUT2D eigenvalue weighted by atomic mass is 10.1. The summed E-state index contributed by atoms with van der Waals surface area (Å²) < 4.78 is 11.4. The summed E-state index contributed by atoms with van der Waals surface area (Å²) in [5.41, 5.74) is 5.01. The van der Waals surface area contributed by atoms with Gasteiger partial charge < -0.3 is 25.4 Å². The highest BCUT2D eigenvalue weighted by atomic mass is 16.6. The molecular weight excluding hydrogens is 244 g/mol. The van der Waals surface area contributed by atoms with Crippen LogP contribution in [0, 0.1) is 0 Å². The minimum atomic E-state index is -1.19. The van der Waals surface area contributed by atoms with Gasteiger partial charge in [0.2, 0.25) is 5.82 Å². The van der Waals surface area contributed by atoms with E-state index >= 15 is 0 Å². The average molecular weight is 258 g/mol. The molecule has 9 heteroatoms. The Kier molecular flexibility index (Phi) is 3.57. The van der Waals surface area contributed by atoms with Gasteiger partial charge >= 0.3 is 0 Å². The predicted octanol–water partition coefficient (Wildman–Crippen LogP) is -2.36. The third kappa shape index (κ3) is 2.20. The van der Waals surface area contributed by atoms with E-state index in [0.29, 0.717) is 0 Å². The molecule has 2 heterocycles. The summed E-state index contributed by atoms with van der Waals surface area (Å²) in [7, 11) is 1.45. The summed E-state index contributed by atoms with van der Waals surface area (Å²) in [4.78, 5) is 14.5. The van der Waals surface area contributed by atoms with Crippen molar-refractivity contribution >= 4 is 5.91 Å². The number of methoxy groups -OCH3 is 1. The van der Waals surface area contributed by atoms with E-state index < -0.39 is 30.4 Å². The molecule has 4 N–H and O–H groups in total. The third-order valence-corrected chi connectivity index (χ3v) is 2.66. The van der Waals surface area contributed by atoms with Crippen LogP contribution >= 0.6 is 0 Å². The highest BCUT2D eigenvalue weighted by Crippen LogP contribution is 2.28. The first-order valence-electron chi connectivity index (χ1n) is 5.26. The van der Waals surface area contributed by atoms with Crippen molar-refractivity contribution in [2.75, 3.05) is 13.7 Å². The van der Waals surface area contributed by atoms with Gasteiger partial charge in [0.05, 0.1) is 6.61 Å². The van der Waals surface area contributed by atoms with Gasteiger partial charge in [-0.2, -0.15) is 0 Å². The largest absolute Gasteiger partial charge is 0.387 e. The van der Waals surface area contributed by atoms with Crippen molar-refractivity contribution in [3.8, 4) is 0 Å². The number of nitrogens with zero attached hydrogens (tertiary/aromatic N) is 3. The molecule has 1 aliphatic heterocycles. The lowest BCUT2D eigenvalue weighted by Crippen LogP contribution is -2.33. The molecule has 0 aromatic carbocycles.